The first-order valence-electron chi connectivity index (χ1n) is 9.22. The van der Waals surface area contributed by atoms with E-state index in [0.29, 0.717) is 0 Å². The van der Waals surface area contributed by atoms with Crippen LogP contribution in [-0.4, -0.2) is 26.9 Å². The number of rotatable bonds is 6. The van der Waals surface area contributed by atoms with Crippen molar-refractivity contribution in [3.05, 3.63) is 42.5 Å². The van der Waals surface area contributed by atoms with E-state index in [2.05, 4.69) is 17.0 Å². The van der Waals surface area contributed by atoms with Gasteiger partial charge in [0.05, 0.1) is 4.90 Å². The molecule has 5 nitrogen and oxygen atoms in total. The van der Waals surface area contributed by atoms with Gasteiger partial charge in [-0.25, -0.2) is 13.1 Å². The fourth-order valence-corrected chi connectivity index (χ4v) is 4.49. The molecule has 0 aliphatic heterocycles. The van der Waals surface area contributed by atoms with Crippen LogP contribution in [0.15, 0.2) is 47.4 Å². The molecular formula is C20H26N2O3S. The summed E-state index contributed by atoms with van der Waals surface area (Å²) in [5, 5.41) is 4.88. The summed E-state index contributed by atoms with van der Waals surface area (Å²) in [6.07, 6.45) is 4.45. The lowest BCUT2D eigenvalue weighted by Gasteiger charge is -2.26. The predicted octanol–water partition coefficient (Wildman–Crippen LogP) is 3.20. The molecule has 0 aromatic heterocycles. The SMILES string of the molecule is CC1CCC(NC(=O)CCNS(=O)(=O)c2ccc3ccccc3c2)CC1. The first-order valence-corrected chi connectivity index (χ1v) is 10.7. The standard InChI is InChI=1S/C20H26N2O3S/c1-15-6-9-18(10-7-15)22-20(23)12-13-21-26(24,25)19-11-8-16-4-2-3-5-17(16)14-19/h2-5,8,11,14-15,18,21H,6-7,9-10,12-13H2,1H3,(H,22,23). The van der Waals surface area contributed by atoms with Gasteiger partial charge in [0, 0.05) is 19.0 Å². The molecule has 3 rings (SSSR count). The van der Waals surface area contributed by atoms with Crippen LogP contribution in [-0.2, 0) is 14.8 Å². The van der Waals surface area contributed by atoms with Crippen molar-refractivity contribution in [1.29, 1.82) is 0 Å². The van der Waals surface area contributed by atoms with E-state index in [9.17, 15) is 13.2 Å². The summed E-state index contributed by atoms with van der Waals surface area (Å²) in [5.41, 5.74) is 0. The van der Waals surface area contributed by atoms with E-state index in [-0.39, 0.29) is 29.8 Å². The van der Waals surface area contributed by atoms with Crippen LogP contribution in [0.4, 0.5) is 0 Å². The Kier molecular flexibility index (Phi) is 5.94. The first kappa shape index (κ1) is 18.9. The number of sulfonamides is 1. The Morgan fingerprint density at radius 2 is 1.73 bits per heavy atom. The highest BCUT2D eigenvalue weighted by Gasteiger charge is 2.20. The summed E-state index contributed by atoms with van der Waals surface area (Å²) in [6.45, 7) is 2.34. The fraction of sp³-hybridized carbons (Fsp3) is 0.450. The van der Waals surface area contributed by atoms with Crippen molar-refractivity contribution in [2.24, 2.45) is 5.92 Å². The number of benzene rings is 2. The average Bonchev–Trinajstić information content (AvgIpc) is 2.63. The molecule has 1 fully saturated rings. The quantitative estimate of drug-likeness (QED) is 0.815. The Balaban J connectivity index is 1.52. The Morgan fingerprint density at radius 1 is 1.04 bits per heavy atom. The second-order valence-electron chi connectivity index (χ2n) is 7.18. The molecule has 2 aromatic carbocycles. The highest BCUT2D eigenvalue weighted by atomic mass is 32.2. The second-order valence-corrected chi connectivity index (χ2v) is 8.95. The molecule has 1 amide bonds. The van der Waals surface area contributed by atoms with E-state index >= 15 is 0 Å². The second kappa shape index (κ2) is 8.18. The van der Waals surface area contributed by atoms with Crippen LogP contribution < -0.4 is 10.0 Å². The summed E-state index contributed by atoms with van der Waals surface area (Å²) in [6, 6.07) is 12.9. The predicted molar refractivity (Wildman–Crippen MR) is 103 cm³/mol. The number of hydrogen-bond acceptors (Lipinski definition) is 3. The number of carbonyl (C=O) groups is 1. The van der Waals surface area contributed by atoms with E-state index in [4.69, 9.17) is 0 Å². The molecule has 1 aliphatic carbocycles. The molecule has 0 bridgehead atoms. The van der Waals surface area contributed by atoms with E-state index in [1.54, 1.807) is 18.2 Å². The van der Waals surface area contributed by atoms with Gasteiger partial charge in [-0.05, 0) is 54.5 Å². The van der Waals surface area contributed by atoms with Gasteiger partial charge in [0.2, 0.25) is 15.9 Å². The topological polar surface area (TPSA) is 75.3 Å². The van der Waals surface area contributed by atoms with Crippen LogP contribution in [0.1, 0.15) is 39.0 Å². The Hall–Kier alpha value is -1.92. The number of fused-ring (bicyclic) bond motifs is 1. The summed E-state index contributed by atoms with van der Waals surface area (Å²) in [7, 11) is -3.62. The number of amides is 1. The summed E-state index contributed by atoms with van der Waals surface area (Å²) >= 11 is 0. The molecule has 1 saturated carbocycles. The summed E-state index contributed by atoms with van der Waals surface area (Å²) < 4.78 is 27.4. The molecule has 2 N–H and O–H groups in total. The minimum atomic E-state index is -3.62. The minimum absolute atomic E-state index is 0.0919. The molecule has 26 heavy (non-hydrogen) atoms. The van der Waals surface area contributed by atoms with Gasteiger partial charge in [-0.15, -0.1) is 0 Å². The molecule has 0 radical (unpaired) electrons. The van der Waals surface area contributed by atoms with Crippen LogP contribution in [0, 0.1) is 5.92 Å². The molecule has 0 atom stereocenters. The van der Waals surface area contributed by atoms with Gasteiger partial charge < -0.3 is 5.32 Å². The monoisotopic (exact) mass is 374 g/mol. The maximum Gasteiger partial charge on any atom is 0.240 e. The molecule has 140 valence electrons. The molecule has 1 aliphatic rings. The molecule has 2 aromatic rings. The highest BCUT2D eigenvalue weighted by molar-refractivity contribution is 7.89. The lowest BCUT2D eigenvalue weighted by molar-refractivity contribution is -0.121. The molecule has 0 unspecified atom stereocenters. The van der Waals surface area contributed by atoms with Crippen LogP contribution in [0.25, 0.3) is 10.8 Å². The van der Waals surface area contributed by atoms with Crippen LogP contribution in [0.2, 0.25) is 0 Å². The normalized spacial score (nSPS) is 20.8. The lowest BCUT2D eigenvalue weighted by atomic mass is 9.87. The Bertz CT molecular complexity index is 872. The zero-order valence-corrected chi connectivity index (χ0v) is 15.9. The molecular weight excluding hydrogens is 348 g/mol. The van der Waals surface area contributed by atoms with Gasteiger partial charge >= 0.3 is 0 Å². The largest absolute Gasteiger partial charge is 0.353 e. The van der Waals surface area contributed by atoms with E-state index in [1.807, 2.05) is 24.3 Å². The van der Waals surface area contributed by atoms with Gasteiger partial charge in [-0.1, -0.05) is 37.3 Å². The van der Waals surface area contributed by atoms with E-state index < -0.39 is 10.0 Å². The summed E-state index contributed by atoms with van der Waals surface area (Å²) in [5.74, 6) is 0.641. The zero-order valence-electron chi connectivity index (χ0n) is 15.1. The maximum absolute atomic E-state index is 12.4. The van der Waals surface area contributed by atoms with Crippen molar-refractivity contribution in [1.82, 2.24) is 10.0 Å². The van der Waals surface area contributed by atoms with Crippen molar-refractivity contribution in [3.63, 3.8) is 0 Å². The highest BCUT2D eigenvalue weighted by Crippen LogP contribution is 2.23. The third kappa shape index (κ3) is 4.83. The smallest absolute Gasteiger partial charge is 0.240 e. The van der Waals surface area contributed by atoms with Gasteiger partial charge in [0.1, 0.15) is 0 Å². The van der Waals surface area contributed by atoms with Crippen molar-refractivity contribution in [2.75, 3.05) is 6.54 Å². The van der Waals surface area contributed by atoms with Crippen molar-refractivity contribution in [3.8, 4) is 0 Å². The van der Waals surface area contributed by atoms with Crippen LogP contribution in [0.3, 0.4) is 0 Å². The lowest BCUT2D eigenvalue weighted by Crippen LogP contribution is -2.39. The van der Waals surface area contributed by atoms with Gasteiger partial charge in [0.15, 0.2) is 0 Å². The molecule has 0 spiro atoms. The van der Waals surface area contributed by atoms with Gasteiger partial charge in [-0.3, -0.25) is 4.79 Å². The maximum atomic E-state index is 12.4. The van der Waals surface area contributed by atoms with Gasteiger partial charge in [0.25, 0.3) is 0 Å². The third-order valence-corrected chi connectivity index (χ3v) is 6.52. The molecule has 0 heterocycles. The van der Waals surface area contributed by atoms with Crippen LogP contribution in [0.5, 0.6) is 0 Å². The summed E-state index contributed by atoms with van der Waals surface area (Å²) in [4.78, 5) is 12.3. The Labute approximate surface area is 155 Å². The van der Waals surface area contributed by atoms with Crippen molar-refractivity contribution < 1.29 is 13.2 Å². The number of nitrogens with one attached hydrogen (secondary N) is 2. The molecule has 6 heteroatoms. The van der Waals surface area contributed by atoms with Crippen LogP contribution >= 0.6 is 0 Å². The third-order valence-electron chi connectivity index (χ3n) is 5.06. The van der Waals surface area contributed by atoms with Crippen molar-refractivity contribution >= 4 is 26.7 Å². The minimum Gasteiger partial charge on any atom is -0.353 e. The first-order chi connectivity index (χ1) is 12.4. The Morgan fingerprint density at radius 3 is 2.46 bits per heavy atom. The van der Waals surface area contributed by atoms with Crippen molar-refractivity contribution in [2.45, 2.75) is 50.0 Å². The number of hydrogen-bond donors (Lipinski definition) is 2. The number of carbonyl (C=O) groups excluding carboxylic acids is 1. The molecule has 0 saturated heterocycles. The zero-order chi connectivity index (χ0) is 18.6. The average molecular weight is 375 g/mol. The van der Waals surface area contributed by atoms with E-state index in [1.165, 1.54) is 0 Å². The van der Waals surface area contributed by atoms with Gasteiger partial charge in [-0.2, -0.15) is 0 Å². The van der Waals surface area contributed by atoms with E-state index in [0.717, 1.165) is 42.4 Å². The fourth-order valence-electron chi connectivity index (χ4n) is 3.42.